The third-order valence-corrected chi connectivity index (χ3v) is 4.69. The van der Waals surface area contributed by atoms with Crippen LogP contribution in [0.2, 0.25) is 0 Å². The minimum absolute atomic E-state index is 0.0993. The summed E-state index contributed by atoms with van der Waals surface area (Å²) in [5, 5.41) is 2.53. The van der Waals surface area contributed by atoms with Crippen LogP contribution in [0.25, 0.3) is 0 Å². The normalized spacial score (nSPS) is 19.3. The van der Waals surface area contributed by atoms with E-state index in [4.69, 9.17) is 9.47 Å². The highest BCUT2D eigenvalue weighted by Crippen LogP contribution is 2.26. The Morgan fingerprint density at radius 2 is 2.11 bits per heavy atom. The summed E-state index contributed by atoms with van der Waals surface area (Å²) in [6, 6.07) is 4.18. The predicted molar refractivity (Wildman–Crippen MR) is 98.9 cm³/mol. The van der Waals surface area contributed by atoms with Gasteiger partial charge in [0.05, 0.1) is 29.3 Å². The van der Waals surface area contributed by atoms with E-state index in [1.165, 1.54) is 31.2 Å². The number of nitrogens with one attached hydrogen (secondary N) is 1. The van der Waals surface area contributed by atoms with Gasteiger partial charge < -0.3 is 14.8 Å². The van der Waals surface area contributed by atoms with E-state index in [1.54, 1.807) is 0 Å². The molecule has 0 aromatic heterocycles. The number of nitrogens with zero attached hydrogens (tertiary/aromatic N) is 1. The van der Waals surface area contributed by atoms with Crippen LogP contribution < -0.4 is 5.32 Å². The van der Waals surface area contributed by atoms with Crippen LogP contribution in [0.15, 0.2) is 30.9 Å². The Labute approximate surface area is 162 Å². The Morgan fingerprint density at radius 3 is 2.79 bits per heavy atom. The van der Waals surface area contributed by atoms with Crippen LogP contribution in [0.5, 0.6) is 0 Å². The Morgan fingerprint density at radius 1 is 1.36 bits per heavy atom. The molecule has 1 fully saturated rings. The molecule has 2 aliphatic rings. The summed E-state index contributed by atoms with van der Waals surface area (Å²) in [5.74, 6) is -2.06. The molecule has 2 heterocycles. The van der Waals surface area contributed by atoms with E-state index in [-0.39, 0.29) is 35.9 Å². The first-order valence-corrected chi connectivity index (χ1v) is 9.13. The van der Waals surface area contributed by atoms with Crippen LogP contribution in [-0.2, 0) is 14.3 Å². The number of ether oxygens (including phenoxy) is 2. The highest BCUT2D eigenvalue weighted by Gasteiger charge is 2.38. The highest BCUT2D eigenvalue weighted by molar-refractivity contribution is 6.22. The standard InChI is InChI=1S/C20H22N2O6/c1-3-8-21-17(23)12(2)28-20(26)13-6-7-15-16(10-13)19(25)22(18(15)24)11-14-5-4-9-27-14/h3,6-7,10,12,14H,1,4-5,8-9,11H2,2H3,(H,21,23). The Hall–Kier alpha value is -3.00. The average molecular weight is 386 g/mol. The van der Waals surface area contributed by atoms with Gasteiger partial charge in [-0.15, -0.1) is 6.58 Å². The van der Waals surface area contributed by atoms with Gasteiger partial charge in [0.15, 0.2) is 6.10 Å². The number of carbonyl (C=O) groups excluding carboxylic acids is 4. The number of carbonyl (C=O) groups is 4. The zero-order valence-corrected chi connectivity index (χ0v) is 15.6. The average Bonchev–Trinajstić information content (AvgIpc) is 3.28. The predicted octanol–water partition coefficient (Wildman–Crippen LogP) is 1.31. The van der Waals surface area contributed by atoms with Crippen LogP contribution in [-0.4, -0.2) is 60.5 Å². The first-order valence-electron chi connectivity index (χ1n) is 9.13. The molecule has 0 aliphatic carbocycles. The number of hydrogen-bond donors (Lipinski definition) is 1. The van der Waals surface area contributed by atoms with Crippen molar-refractivity contribution in [1.29, 1.82) is 0 Å². The SMILES string of the molecule is C=CCNC(=O)C(C)OC(=O)c1ccc2c(c1)C(=O)N(CC1CCCO1)C2=O. The third kappa shape index (κ3) is 3.96. The second-order valence-electron chi connectivity index (χ2n) is 6.70. The van der Waals surface area contributed by atoms with Crippen LogP contribution in [0.3, 0.4) is 0 Å². The summed E-state index contributed by atoms with van der Waals surface area (Å²) in [6.45, 7) is 6.03. The highest BCUT2D eigenvalue weighted by atomic mass is 16.5. The third-order valence-electron chi connectivity index (χ3n) is 4.69. The number of rotatable bonds is 7. The van der Waals surface area contributed by atoms with Crippen molar-refractivity contribution in [2.24, 2.45) is 0 Å². The van der Waals surface area contributed by atoms with Crippen molar-refractivity contribution in [2.45, 2.75) is 32.0 Å². The number of benzene rings is 1. The van der Waals surface area contributed by atoms with E-state index in [0.29, 0.717) is 6.61 Å². The Bertz CT molecular complexity index is 828. The smallest absolute Gasteiger partial charge is 0.338 e. The summed E-state index contributed by atoms with van der Waals surface area (Å²) >= 11 is 0. The second kappa shape index (κ2) is 8.35. The number of esters is 1. The van der Waals surface area contributed by atoms with Gasteiger partial charge in [-0.2, -0.15) is 0 Å². The van der Waals surface area contributed by atoms with E-state index >= 15 is 0 Å². The van der Waals surface area contributed by atoms with Gasteiger partial charge in [-0.25, -0.2) is 4.79 Å². The lowest BCUT2D eigenvalue weighted by Gasteiger charge is -2.17. The summed E-state index contributed by atoms with van der Waals surface area (Å²) in [6.07, 6.45) is 2.06. The van der Waals surface area contributed by atoms with Crippen LogP contribution >= 0.6 is 0 Å². The molecule has 3 rings (SSSR count). The van der Waals surface area contributed by atoms with E-state index in [0.717, 1.165) is 17.7 Å². The van der Waals surface area contributed by atoms with Crippen molar-refractivity contribution in [3.63, 3.8) is 0 Å². The minimum Gasteiger partial charge on any atom is -0.449 e. The van der Waals surface area contributed by atoms with Gasteiger partial charge >= 0.3 is 5.97 Å². The van der Waals surface area contributed by atoms with Crippen molar-refractivity contribution >= 4 is 23.7 Å². The molecule has 148 valence electrons. The summed E-state index contributed by atoms with van der Waals surface area (Å²) in [4.78, 5) is 50.4. The molecule has 8 heteroatoms. The molecule has 1 aromatic rings. The molecule has 0 saturated carbocycles. The number of amides is 3. The van der Waals surface area contributed by atoms with Crippen LogP contribution in [0.1, 0.15) is 50.8 Å². The Balaban J connectivity index is 1.70. The van der Waals surface area contributed by atoms with Gasteiger partial charge in [-0.1, -0.05) is 6.08 Å². The van der Waals surface area contributed by atoms with E-state index in [9.17, 15) is 19.2 Å². The number of imide groups is 1. The molecule has 0 bridgehead atoms. The molecular weight excluding hydrogens is 364 g/mol. The van der Waals surface area contributed by atoms with E-state index in [2.05, 4.69) is 11.9 Å². The quantitative estimate of drug-likeness (QED) is 0.431. The molecule has 2 atom stereocenters. The maximum atomic E-state index is 12.6. The van der Waals surface area contributed by atoms with Crippen molar-refractivity contribution in [3.05, 3.63) is 47.5 Å². The van der Waals surface area contributed by atoms with Crippen molar-refractivity contribution in [3.8, 4) is 0 Å². The van der Waals surface area contributed by atoms with Crippen molar-refractivity contribution in [2.75, 3.05) is 19.7 Å². The zero-order valence-electron chi connectivity index (χ0n) is 15.6. The van der Waals surface area contributed by atoms with Crippen LogP contribution in [0, 0.1) is 0 Å². The molecule has 28 heavy (non-hydrogen) atoms. The molecule has 2 aliphatic heterocycles. The van der Waals surface area contributed by atoms with Gasteiger partial charge in [-0.3, -0.25) is 19.3 Å². The van der Waals surface area contributed by atoms with Crippen LogP contribution in [0.4, 0.5) is 0 Å². The first kappa shape index (κ1) is 19.8. The van der Waals surface area contributed by atoms with Gasteiger partial charge in [0.2, 0.25) is 0 Å². The molecule has 0 spiro atoms. The lowest BCUT2D eigenvalue weighted by Crippen LogP contribution is -2.36. The molecule has 1 saturated heterocycles. The fourth-order valence-electron chi connectivity index (χ4n) is 3.17. The zero-order chi connectivity index (χ0) is 20.3. The summed E-state index contributed by atoms with van der Waals surface area (Å²) in [5.41, 5.74) is 0.500. The van der Waals surface area contributed by atoms with E-state index in [1.807, 2.05) is 0 Å². The van der Waals surface area contributed by atoms with Crippen molar-refractivity contribution in [1.82, 2.24) is 10.2 Å². The van der Waals surface area contributed by atoms with Gasteiger partial charge in [-0.05, 0) is 38.0 Å². The number of hydrogen-bond acceptors (Lipinski definition) is 6. The molecular formula is C20H22N2O6. The fourth-order valence-corrected chi connectivity index (χ4v) is 3.17. The summed E-state index contributed by atoms with van der Waals surface area (Å²) < 4.78 is 10.6. The van der Waals surface area contributed by atoms with Gasteiger partial charge in [0.25, 0.3) is 17.7 Å². The topological polar surface area (TPSA) is 102 Å². The maximum Gasteiger partial charge on any atom is 0.338 e. The molecule has 8 nitrogen and oxygen atoms in total. The number of fused-ring (bicyclic) bond motifs is 1. The molecule has 2 unspecified atom stereocenters. The van der Waals surface area contributed by atoms with Crippen molar-refractivity contribution < 1.29 is 28.7 Å². The van der Waals surface area contributed by atoms with Gasteiger partial charge in [0, 0.05) is 13.2 Å². The molecule has 1 N–H and O–H groups in total. The largest absolute Gasteiger partial charge is 0.449 e. The summed E-state index contributed by atoms with van der Waals surface area (Å²) in [7, 11) is 0. The second-order valence-corrected chi connectivity index (χ2v) is 6.70. The first-order chi connectivity index (χ1) is 13.4. The lowest BCUT2D eigenvalue weighted by molar-refractivity contribution is -0.128. The molecule has 1 aromatic carbocycles. The van der Waals surface area contributed by atoms with E-state index < -0.39 is 29.8 Å². The monoisotopic (exact) mass is 386 g/mol. The molecule has 3 amide bonds. The lowest BCUT2D eigenvalue weighted by atomic mass is 10.1. The van der Waals surface area contributed by atoms with Gasteiger partial charge in [0.1, 0.15) is 0 Å². The maximum absolute atomic E-state index is 12.6. The fraction of sp³-hybridized carbons (Fsp3) is 0.400. The minimum atomic E-state index is -1.01. The molecule has 0 radical (unpaired) electrons. The Kier molecular flexibility index (Phi) is 5.89.